The van der Waals surface area contributed by atoms with E-state index in [2.05, 4.69) is 10.0 Å². The Morgan fingerprint density at radius 1 is 0.867 bits per heavy atom. The first-order chi connectivity index (χ1) is 14.4. The van der Waals surface area contributed by atoms with Gasteiger partial charge in [0.2, 0.25) is 10.0 Å². The summed E-state index contributed by atoms with van der Waals surface area (Å²) in [5.74, 6) is -0.0955. The van der Waals surface area contributed by atoms with E-state index in [1.165, 1.54) is 0 Å². The summed E-state index contributed by atoms with van der Waals surface area (Å²) in [4.78, 5) is 12.4. The van der Waals surface area contributed by atoms with Crippen LogP contribution < -0.4 is 10.0 Å². The van der Waals surface area contributed by atoms with Crippen LogP contribution >= 0.6 is 0 Å². The van der Waals surface area contributed by atoms with Gasteiger partial charge in [0.25, 0.3) is 5.91 Å². The van der Waals surface area contributed by atoms with Crippen molar-refractivity contribution in [2.75, 3.05) is 0 Å². The van der Waals surface area contributed by atoms with E-state index < -0.39 is 10.0 Å². The number of nitrogens with one attached hydrogen (secondary N) is 2. The van der Waals surface area contributed by atoms with Crippen LogP contribution in [0.5, 0.6) is 0 Å². The molecule has 2 N–H and O–H groups in total. The monoisotopic (exact) mass is 422 g/mol. The molecule has 30 heavy (non-hydrogen) atoms. The predicted molar refractivity (Wildman–Crippen MR) is 120 cm³/mol. The topological polar surface area (TPSA) is 75.3 Å². The van der Waals surface area contributed by atoms with Gasteiger partial charge in [-0.3, -0.25) is 4.79 Å². The van der Waals surface area contributed by atoms with Crippen LogP contribution in [0.4, 0.5) is 0 Å². The van der Waals surface area contributed by atoms with Crippen molar-refractivity contribution >= 4 is 15.9 Å². The van der Waals surface area contributed by atoms with Crippen molar-refractivity contribution in [3.8, 4) is 11.1 Å². The summed E-state index contributed by atoms with van der Waals surface area (Å²) in [5.41, 5.74) is 3.29. The van der Waals surface area contributed by atoms with Gasteiger partial charge in [-0.2, -0.15) is 0 Å². The summed E-state index contributed by atoms with van der Waals surface area (Å²) in [5, 5.41) is 2.94. The van der Waals surface area contributed by atoms with Gasteiger partial charge in [-0.25, -0.2) is 13.1 Å². The fraction of sp³-hybridized carbons (Fsp3) is 0.208. The average molecular weight is 423 g/mol. The standard InChI is InChI=1S/C24H26N2O3S/c1-3-18(2)26-24(27)22-11-9-20(10-12-22)21-13-15-23(16-14-21)30(28,29)25-17-19-7-5-4-6-8-19/h4-16,18,25H,3,17H2,1-2H3,(H,26,27)/t18-/m0/s1. The lowest BCUT2D eigenvalue weighted by Crippen LogP contribution is -2.31. The van der Waals surface area contributed by atoms with Crippen molar-refractivity contribution < 1.29 is 13.2 Å². The molecule has 0 aliphatic carbocycles. The Bertz CT molecular complexity index is 1080. The molecule has 0 unspecified atom stereocenters. The molecular weight excluding hydrogens is 396 g/mol. The molecule has 3 aromatic rings. The van der Waals surface area contributed by atoms with Gasteiger partial charge in [-0.1, -0.05) is 61.5 Å². The van der Waals surface area contributed by atoms with Gasteiger partial charge in [-0.15, -0.1) is 0 Å². The summed E-state index contributed by atoms with van der Waals surface area (Å²) < 4.78 is 27.7. The number of hydrogen-bond acceptors (Lipinski definition) is 3. The zero-order valence-corrected chi connectivity index (χ0v) is 17.9. The zero-order valence-electron chi connectivity index (χ0n) is 17.1. The second-order valence-corrected chi connectivity index (χ2v) is 8.96. The van der Waals surface area contributed by atoms with Crippen molar-refractivity contribution in [3.63, 3.8) is 0 Å². The molecule has 0 fully saturated rings. The minimum Gasteiger partial charge on any atom is -0.350 e. The molecule has 0 saturated carbocycles. The highest BCUT2D eigenvalue weighted by molar-refractivity contribution is 7.89. The van der Waals surface area contributed by atoms with Gasteiger partial charge in [0, 0.05) is 18.2 Å². The van der Waals surface area contributed by atoms with Gasteiger partial charge < -0.3 is 5.32 Å². The maximum Gasteiger partial charge on any atom is 0.251 e. The van der Waals surface area contributed by atoms with Crippen LogP contribution in [0.2, 0.25) is 0 Å². The van der Waals surface area contributed by atoms with E-state index in [-0.39, 0.29) is 23.4 Å². The SMILES string of the molecule is CC[C@H](C)NC(=O)c1ccc(-c2ccc(S(=O)(=O)NCc3ccccc3)cc2)cc1. The number of rotatable bonds is 8. The van der Waals surface area contributed by atoms with Gasteiger partial charge in [0.1, 0.15) is 0 Å². The maximum atomic E-state index is 12.5. The first-order valence-corrected chi connectivity index (χ1v) is 11.4. The molecule has 0 bridgehead atoms. The van der Waals surface area contributed by atoms with E-state index in [9.17, 15) is 13.2 Å². The van der Waals surface area contributed by atoms with Gasteiger partial charge in [0.05, 0.1) is 4.90 Å². The highest BCUT2D eigenvalue weighted by Crippen LogP contribution is 2.22. The highest BCUT2D eigenvalue weighted by Gasteiger charge is 2.14. The lowest BCUT2D eigenvalue weighted by Gasteiger charge is -2.12. The quantitative estimate of drug-likeness (QED) is 0.566. The van der Waals surface area contributed by atoms with Crippen LogP contribution in [0.1, 0.15) is 36.2 Å². The minimum absolute atomic E-state index is 0.0955. The zero-order chi connectivity index (χ0) is 21.6. The Balaban J connectivity index is 1.68. The first kappa shape index (κ1) is 21.7. The van der Waals surface area contributed by atoms with E-state index in [4.69, 9.17) is 0 Å². The lowest BCUT2D eigenvalue weighted by atomic mass is 10.0. The average Bonchev–Trinajstić information content (AvgIpc) is 2.78. The molecule has 3 rings (SSSR count). The molecule has 0 aliphatic heterocycles. The van der Waals surface area contributed by atoms with Crippen LogP contribution in [-0.4, -0.2) is 20.4 Å². The van der Waals surface area contributed by atoms with Gasteiger partial charge in [0.15, 0.2) is 0 Å². The molecule has 3 aromatic carbocycles. The number of hydrogen-bond donors (Lipinski definition) is 2. The van der Waals surface area contributed by atoms with Crippen LogP contribution in [0.15, 0.2) is 83.8 Å². The second-order valence-electron chi connectivity index (χ2n) is 7.19. The molecular formula is C24H26N2O3S. The normalized spacial score (nSPS) is 12.3. The van der Waals surface area contributed by atoms with E-state index in [1.54, 1.807) is 36.4 Å². The fourth-order valence-corrected chi connectivity index (χ4v) is 3.93. The van der Waals surface area contributed by atoms with Crippen LogP contribution in [0.25, 0.3) is 11.1 Å². The minimum atomic E-state index is -3.59. The lowest BCUT2D eigenvalue weighted by molar-refractivity contribution is 0.0939. The number of carbonyl (C=O) groups is 1. The van der Waals surface area contributed by atoms with Crippen molar-refractivity contribution in [1.29, 1.82) is 0 Å². The summed E-state index contributed by atoms with van der Waals surface area (Å²) in [6.45, 7) is 4.23. The van der Waals surface area contributed by atoms with Crippen molar-refractivity contribution in [2.45, 2.75) is 37.8 Å². The molecule has 156 valence electrons. The van der Waals surface area contributed by atoms with Crippen molar-refractivity contribution in [2.24, 2.45) is 0 Å². The van der Waals surface area contributed by atoms with E-state index in [1.807, 2.05) is 56.3 Å². The predicted octanol–water partition coefficient (Wildman–Crippen LogP) is 4.36. The molecule has 1 atom stereocenters. The Labute approximate surface area is 178 Å². The second kappa shape index (κ2) is 9.69. The Kier molecular flexibility index (Phi) is 7.03. The van der Waals surface area contributed by atoms with E-state index >= 15 is 0 Å². The number of benzene rings is 3. The van der Waals surface area contributed by atoms with Crippen LogP contribution in [-0.2, 0) is 16.6 Å². The van der Waals surface area contributed by atoms with E-state index in [0.29, 0.717) is 5.56 Å². The molecule has 0 heterocycles. The summed E-state index contributed by atoms with van der Waals surface area (Å²) in [6, 6.07) is 23.5. The van der Waals surface area contributed by atoms with Crippen LogP contribution in [0, 0.1) is 0 Å². The smallest absolute Gasteiger partial charge is 0.251 e. The summed E-state index contributed by atoms with van der Waals surface area (Å²) >= 11 is 0. The molecule has 0 radical (unpaired) electrons. The molecule has 5 nitrogen and oxygen atoms in total. The first-order valence-electron chi connectivity index (χ1n) is 9.94. The number of carbonyl (C=O) groups excluding carboxylic acids is 1. The molecule has 0 aromatic heterocycles. The molecule has 0 spiro atoms. The summed E-state index contributed by atoms with van der Waals surface area (Å²) in [7, 11) is -3.59. The third kappa shape index (κ3) is 5.55. The molecule has 0 saturated heterocycles. The Morgan fingerprint density at radius 3 is 2.00 bits per heavy atom. The van der Waals surface area contributed by atoms with Gasteiger partial charge >= 0.3 is 0 Å². The van der Waals surface area contributed by atoms with Gasteiger partial charge in [-0.05, 0) is 54.3 Å². The largest absolute Gasteiger partial charge is 0.350 e. The maximum absolute atomic E-state index is 12.5. The Hall–Kier alpha value is -2.96. The third-order valence-corrected chi connectivity index (χ3v) is 6.36. The molecule has 1 amide bonds. The summed E-state index contributed by atoms with van der Waals surface area (Å²) in [6.07, 6.45) is 0.874. The fourth-order valence-electron chi connectivity index (χ4n) is 2.91. The molecule has 0 aliphatic rings. The Morgan fingerprint density at radius 2 is 1.43 bits per heavy atom. The van der Waals surface area contributed by atoms with E-state index in [0.717, 1.165) is 23.1 Å². The van der Waals surface area contributed by atoms with Crippen molar-refractivity contribution in [3.05, 3.63) is 90.0 Å². The van der Waals surface area contributed by atoms with Crippen molar-refractivity contribution in [1.82, 2.24) is 10.0 Å². The molecule has 6 heteroatoms. The highest BCUT2D eigenvalue weighted by atomic mass is 32.2. The third-order valence-electron chi connectivity index (χ3n) is 4.94. The van der Waals surface area contributed by atoms with Crippen LogP contribution in [0.3, 0.4) is 0 Å². The number of amides is 1. The number of sulfonamides is 1.